The normalized spacial score (nSPS) is 9.09. The SMILES string of the molecule is C=CCc1cncc(C=O)c1. The molecule has 0 bridgehead atoms. The standard InChI is InChI=1S/C9H9NO/c1-2-3-8-4-9(7-11)6-10-5-8/h2,4-7H,1,3H2. The molecule has 2 nitrogen and oxygen atoms in total. The molecule has 0 amide bonds. The average Bonchev–Trinajstić information content (AvgIpc) is 2.06. The number of rotatable bonds is 3. The van der Waals surface area contributed by atoms with Gasteiger partial charge in [-0.15, -0.1) is 6.58 Å². The maximum Gasteiger partial charge on any atom is 0.151 e. The third kappa shape index (κ3) is 2.00. The summed E-state index contributed by atoms with van der Waals surface area (Å²) < 4.78 is 0. The second-order valence-corrected chi connectivity index (χ2v) is 2.24. The zero-order chi connectivity index (χ0) is 8.10. The van der Waals surface area contributed by atoms with Crippen LogP contribution in [0.1, 0.15) is 15.9 Å². The monoisotopic (exact) mass is 147 g/mol. The molecule has 0 N–H and O–H groups in total. The number of hydrogen-bond acceptors (Lipinski definition) is 2. The number of carbonyl (C=O) groups is 1. The van der Waals surface area contributed by atoms with Gasteiger partial charge in [-0.05, 0) is 18.1 Å². The summed E-state index contributed by atoms with van der Waals surface area (Å²) in [5, 5.41) is 0. The molecule has 0 fully saturated rings. The van der Waals surface area contributed by atoms with E-state index in [9.17, 15) is 4.79 Å². The van der Waals surface area contributed by atoms with Crippen molar-refractivity contribution < 1.29 is 4.79 Å². The molecule has 0 aliphatic carbocycles. The van der Waals surface area contributed by atoms with Crippen LogP contribution in [0.3, 0.4) is 0 Å². The summed E-state index contributed by atoms with van der Waals surface area (Å²) in [5.74, 6) is 0. The van der Waals surface area contributed by atoms with E-state index in [-0.39, 0.29) is 0 Å². The number of aromatic nitrogens is 1. The van der Waals surface area contributed by atoms with Gasteiger partial charge in [0.2, 0.25) is 0 Å². The Labute approximate surface area is 65.6 Å². The highest BCUT2D eigenvalue weighted by atomic mass is 16.1. The van der Waals surface area contributed by atoms with E-state index in [1.807, 2.05) is 6.07 Å². The summed E-state index contributed by atoms with van der Waals surface area (Å²) in [4.78, 5) is 14.2. The Bertz CT molecular complexity index is 268. The lowest BCUT2D eigenvalue weighted by Gasteiger charge is -1.94. The number of hydrogen-bond donors (Lipinski definition) is 0. The fourth-order valence-corrected chi connectivity index (χ4v) is 0.850. The van der Waals surface area contributed by atoms with Crippen molar-refractivity contribution in [1.82, 2.24) is 4.98 Å². The third-order valence-electron chi connectivity index (χ3n) is 1.33. The Kier molecular flexibility index (Phi) is 2.55. The Balaban J connectivity index is 2.90. The van der Waals surface area contributed by atoms with Crippen LogP contribution in [0.4, 0.5) is 0 Å². The first-order chi connectivity index (χ1) is 5.36. The topological polar surface area (TPSA) is 30.0 Å². The van der Waals surface area contributed by atoms with Gasteiger partial charge in [-0.25, -0.2) is 0 Å². The van der Waals surface area contributed by atoms with Gasteiger partial charge >= 0.3 is 0 Å². The first-order valence-electron chi connectivity index (χ1n) is 3.37. The molecule has 2 heteroatoms. The third-order valence-corrected chi connectivity index (χ3v) is 1.33. The zero-order valence-electron chi connectivity index (χ0n) is 6.16. The number of aldehydes is 1. The quantitative estimate of drug-likeness (QED) is 0.480. The number of carbonyl (C=O) groups excluding carboxylic acids is 1. The van der Waals surface area contributed by atoms with E-state index >= 15 is 0 Å². The van der Waals surface area contributed by atoms with Crippen LogP contribution in [0.25, 0.3) is 0 Å². The van der Waals surface area contributed by atoms with Gasteiger partial charge < -0.3 is 0 Å². The molecule has 0 radical (unpaired) electrons. The summed E-state index contributed by atoms with van der Waals surface area (Å²) in [5.41, 5.74) is 1.63. The Morgan fingerprint density at radius 3 is 3.00 bits per heavy atom. The summed E-state index contributed by atoms with van der Waals surface area (Å²) >= 11 is 0. The van der Waals surface area contributed by atoms with Crippen LogP contribution >= 0.6 is 0 Å². The second-order valence-electron chi connectivity index (χ2n) is 2.24. The molecular formula is C9H9NO. The van der Waals surface area contributed by atoms with E-state index < -0.39 is 0 Å². The lowest BCUT2D eigenvalue weighted by atomic mass is 10.2. The van der Waals surface area contributed by atoms with Crippen molar-refractivity contribution in [3.63, 3.8) is 0 Å². The fraction of sp³-hybridized carbons (Fsp3) is 0.111. The molecule has 1 rings (SSSR count). The van der Waals surface area contributed by atoms with Gasteiger partial charge in [0.05, 0.1) is 0 Å². The van der Waals surface area contributed by atoms with Crippen LogP contribution in [0.5, 0.6) is 0 Å². The Morgan fingerprint density at radius 2 is 2.36 bits per heavy atom. The van der Waals surface area contributed by atoms with E-state index in [0.717, 1.165) is 18.3 Å². The van der Waals surface area contributed by atoms with Crippen molar-refractivity contribution in [3.05, 3.63) is 42.2 Å². The van der Waals surface area contributed by atoms with Gasteiger partial charge in [0.25, 0.3) is 0 Å². The largest absolute Gasteiger partial charge is 0.298 e. The Morgan fingerprint density at radius 1 is 1.55 bits per heavy atom. The predicted molar refractivity (Wildman–Crippen MR) is 43.5 cm³/mol. The summed E-state index contributed by atoms with van der Waals surface area (Å²) in [6.07, 6.45) is 6.61. The molecule has 11 heavy (non-hydrogen) atoms. The van der Waals surface area contributed by atoms with Gasteiger partial charge in [-0.2, -0.15) is 0 Å². The molecule has 56 valence electrons. The van der Waals surface area contributed by atoms with Gasteiger partial charge in [0.1, 0.15) is 0 Å². The van der Waals surface area contributed by atoms with Crippen LogP contribution < -0.4 is 0 Å². The Hall–Kier alpha value is -1.44. The van der Waals surface area contributed by atoms with E-state index in [1.165, 1.54) is 0 Å². The van der Waals surface area contributed by atoms with Gasteiger partial charge in [0.15, 0.2) is 6.29 Å². The van der Waals surface area contributed by atoms with Crippen molar-refractivity contribution in [2.75, 3.05) is 0 Å². The molecule has 0 aliphatic heterocycles. The minimum absolute atomic E-state index is 0.615. The summed E-state index contributed by atoms with van der Waals surface area (Å²) in [7, 11) is 0. The number of nitrogens with zero attached hydrogens (tertiary/aromatic N) is 1. The van der Waals surface area contributed by atoms with Crippen LogP contribution in [-0.2, 0) is 6.42 Å². The smallest absolute Gasteiger partial charge is 0.151 e. The molecule has 1 aromatic heterocycles. The van der Waals surface area contributed by atoms with Crippen LogP contribution in [0.2, 0.25) is 0 Å². The lowest BCUT2D eigenvalue weighted by Crippen LogP contribution is -1.87. The van der Waals surface area contributed by atoms with Crippen LogP contribution in [-0.4, -0.2) is 11.3 Å². The van der Waals surface area contributed by atoms with Crippen molar-refractivity contribution in [2.45, 2.75) is 6.42 Å². The highest BCUT2D eigenvalue weighted by Crippen LogP contribution is 2.01. The highest BCUT2D eigenvalue weighted by molar-refractivity contribution is 5.74. The maximum atomic E-state index is 10.3. The molecule has 0 unspecified atom stereocenters. The highest BCUT2D eigenvalue weighted by Gasteiger charge is 1.92. The lowest BCUT2D eigenvalue weighted by molar-refractivity contribution is 0.112. The predicted octanol–water partition coefficient (Wildman–Crippen LogP) is 1.62. The number of pyridine rings is 1. The van der Waals surface area contributed by atoms with Crippen molar-refractivity contribution in [3.8, 4) is 0 Å². The molecule has 1 aromatic rings. The molecule has 0 aliphatic rings. The first kappa shape index (κ1) is 7.66. The zero-order valence-corrected chi connectivity index (χ0v) is 6.16. The molecule has 0 atom stereocenters. The molecule has 0 aromatic carbocycles. The molecule has 1 heterocycles. The molecule has 0 spiro atoms. The maximum absolute atomic E-state index is 10.3. The van der Waals surface area contributed by atoms with E-state index in [2.05, 4.69) is 11.6 Å². The van der Waals surface area contributed by atoms with Crippen LogP contribution in [0.15, 0.2) is 31.1 Å². The minimum Gasteiger partial charge on any atom is -0.298 e. The van der Waals surface area contributed by atoms with Crippen LogP contribution in [0, 0.1) is 0 Å². The fourth-order valence-electron chi connectivity index (χ4n) is 0.850. The van der Waals surface area contributed by atoms with Gasteiger partial charge in [0, 0.05) is 18.0 Å². The van der Waals surface area contributed by atoms with Gasteiger partial charge in [-0.3, -0.25) is 9.78 Å². The van der Waals surface area contributed by atoms with Crippen molar-refractivity contribution >= 4 is 6.29 Å². The second kappa shape index (κ2) is 3.66. The summed E-state index contributed by atoms with van der Waals surface area (Å²) in [6, 6.07) is 1.81. The van der Waals surface area contributed by atoms with E-state index in [0.29, 0.717) is 5.56 Å². The molecular weight excluding hydrogens is 138 g/mol. The van der Waals surface area contributed by atoms with E-state index in [1.54, 1.807) is 18.5 Å². The average molecular weight is 147 g/mol. The minimum atomic E-state index is 0.615. The number of allylic oxidation sites excluding steroid dienone is 1. The molecule has 0 saturated carbocycles. The summed E-state index contributed by atoms with van der Waals surface area (Å²) in [6.45, 7) is 3.60. The van der Waals surface area contributed by atoms with Crippen molar-refractivity contribution in [2.24, 2.45) is 0 Å². The first-order valence-corrected chi connectivity index (χ1v) is 3.37. The molecule has 0 saturated heterocycles. The van der Waals surface area contributed by atoms with Gasteiger partial charge in [-0.1, -0.05) is 6.08 Å². The van der Waals surface area contributed by atoms with E-state index in [4.69, 9.17) is 0 Å². The van der Waals surface area contributed by atoms with Crippen molar-refractivity contribution in [1.29, 1.82) is 0 Å².